The minimum absolute atomic E-state index is 0.0944. The standard InChI is InChI=1S/C23H24O3/c1-4-19-15-18(9-12-21(19)22(24)25)6-5-17-7-10-20(11-8-17)23(13-14-23)26-16(2)3/h7-12,15-16H,4,13-14H2,1-3H3,(H,24,25). The molecule has 0 aliphatic heterocycles. The fraction of sp³-hybridized carbons (Fsp3) is 0.348. The maximum atomic E-state index is 11.2. The highest BCUT2D eigenvalue weighted by molar-refractivity contribution is 5.89. The number of rotatable bonds is 5. The van der Waals surface area contributed by atoms with Crippen molar-refractivity contribution >= 4 is 5.97 Å². The Labute approximate surface area is 155 Å². The van der Waals surface area contributed by atoms with Gasteiger partial charge in [0.05, 0.1) is 17.3 Å². The first-order valence-corrected chi connectivity index (χ1v) is 9.10. The van der Waals surface area contributed by atoms with Gasteiger partial charge in [-0.2, -0.15) is 0 Å². The zero-order valence-corrected chi connectivity index (χ0v) is 15.5. The molecule has 2 aromatic rings. The number of aromatic carboxylic acids is 1. The summed E-state index contributed by atoms with van der Waals surface area (Å²) in [7, 11) is 0. The SMILES string of the molecule is CCc1cc(C#Cc2ccc(C3(OC(C)C)CC3)cc2)ccc1C(=O)O. The summed E-state index contributed by atoms with van der Waals surface area (Å²) >= 11 is 0. The molecule has 0 heterocycles. The van der Waals surface area contributed by atoms with Crippen molar-refractivity contribution in [3.8, 4) is 11.8 Å². The van der Waals surface area contributed by atoms with Crippen LogP contribution in [0.3, 0.4) is 0 Å². The van der Waals surface area contributed by atoms with Gasteiger partial charge in [-0.05, 0) is 74.6 Å². The number of benzene rings is 2. The molecule has 0 radical (unpaired) electrons. The largest absolute Gasteiger partial charge is 0.478 e. The molecule has 1 saturated carbocycles. The molecule has 0 spiro atoms. The first-order chi connectivity index (χ1) is 12.4. The summed E-state index contributed by atoms with van der Waals surface area (Å²) in [6.45, 7) is 6.09. The molecule has 1 N–H and O–H groups in total. The second-order valence-electron chi connectivity index (χ2n) is 7.02. The van der Waals surface area contributed by atoms with E-state index in [9.17, 15) is 9.90 Å². The Hall–Kier alpha value is -2.57. The van der Waals surface area contributed by atoms with Crippen LogP contribution in [-0.4, -0.2) is 17.2 Å². The van der Waals surface area contributed by atoms with Crippen molar-refractivity contribution < 1.29 is 14.6 Å². The van der Waals surface area contributed by atoms with Crippen LogP contribution in [-0.2, 0) is 16.8 Å². The highest BCUT2D eigenvalue weighted by Gasteiger charge is 2.46. The Morgan fingerprint density at radius 1 is 1.12 bits per heavy atom. The molecule has 0 atom stereocenters. The molecule has 1 aliphatic carbocycles. The van der Waals surface area contributed by atoms with Gasteiger partial charge in [0.25, 0.3) is 0 Å². The lowest BCUT2D eigenvalue weighted by atomic mass is 10.0. The van der Waals surface area contributed by atoms with Gasteiger partial charge in [0.2, 0.25) is 0 Å². The molecular weight excluding hydrogens is 324 g/mol. The van der Waals surface area contributed by atoms with Crippen molar-refractivity contribution in [1.29, 1.82) is 0 Å². The summed E-state index contributed by atoms with van der Waals surface area (Å²) in [5.74, 6) is 5.40. The zero-order valence-electron chi connectivity index (χ0n) is 15.5. The first-order valence-electron chi connectivity index (χ1n) is 9.10. The van der Waals surface area contributed by atoms with E-state index in [-0.39, 0.29) is 11.7 Å². The molecule has 3 heteroatoms. The van der Waals surface area contributed by atoms with Crippen LogP contribution in [0.1, 0.15) is 66.2 Å². The summed E-state index contributed by atoms with van der Waals surface area (Å²) in [5, 5.41) is 9.20. The van der Waals surface area contributed by atoms with Gasteiger partial charge in [-0.3, -0.25) is 0 Å². The maximum absolute atomic E-state index is 11.2. The monoisotopic (exact) mass is 348 g/mol. The lowest BCUT2D eigenvalue weighted by molar-refractivity contribution is -0.0143. The van der Waals surface area contributed by atoms with E-state index in [0.717, 1.165) is 29.5 Å². The second-order valence-corrected chi connectivity index (χ2v) is 7.02. The van der Waals surface area contributed by atoms with Crippen LogP contribution in [0.25, 0.3) is 0 Å². The van der Waals surface area contributed by atoms with Crippen LogP contribution in [0.15, 0.2) is 42.5 Å². The Bertz CT molecular complexity index is 863. The molecule has 0 bridgehead atoms. The zero-order chi connectivity index (χ0) is 18.7. The van der Waals surface area contributed by atoms with E-state index in [4.69, 9.17) is 4.74 Å². The number of hydrogen-bond donors (Lipinski definition) is 1. The third-order valence-corrected chi connectivity index (χ3v) is 4.64. The molecule has 0 aromatic heterocycles. The quantitative estimate of drug-likeness (QED) is 0.792. The molecule has 26 heavy (non-hydrogen) atoms. The molecular formula is C23H24O3. The van der Waals surface area contributed by atoms with E-state index < -0.39 is 5.97 Å². The number of carboxylic acids is 1. The van der Waals surface area contributed by atoms with E-state index in [2.05, 4.69) is 37.8 Å². The molecule has 2 aromatic carbocycles. The minimum atomic E-state index is -0.894. The Morgan fingerprint density at radius 3 is 2.27 bits per heavy atom. The summed E-state index contributed by atoms with van der Waals surface area (Å²) < 4.78 is 6.08. The highest BCUT2D eigenvalue weighted by atomic mass is 16.5. The van der Waals surface area contributed by atoms with Crippen molar-refractivity contribution in [2.24, 2.45) is 0 Å². The van der Waals surface area contributed by atoms with Crippen LogP contribution < -0.4 is 0 Å². The lowest BCUT2D eigenvalue weighted by Crippen LogP contribution is -2.17. The molecule has 3 rings (SSSR count). The number of hydrogen-bond acceptors (Lipinski definition) is 2. The molecule has 0 amide bonds. The summed E-state index contributed by atoms with van der Waals surface area (Å²) in [6.07, 6.45) is 3.04. The van der Waals surface area contributed by atoms with Crippen molar-refractivity contribution in [3.05, 3.63) is 70.3 Å². The second kappa shape index (κ2) is 7.35. The number of aryl methyl sites for hydroxylation is 1. The number of ether oxygens (including phenoxy) is 1. The molecule has 1 fully saturated rings. The van der Waals surface area contributed by atoms with Crippen LogP contribution in [0.4, 0.5) is 0 Å². The van der Waals surface area contributed by atoms with Gasteiger partial charge >= 0.3 is 5.97 Å². The average molecular weight is 348 g/mol. The van der Waals surface area contributed by atoms with Crippen LogP contribution >= 0.6 is 0 Å². The van der Waals surface area contributed by atoms with Crippen LogP contribution in [0, 0.1) is 11.8 Å². The maximum Gasteiger partial charge on any atom is 0.335 e. The number of carboxylic acid groups (broad SMARTS) is 1. The Morgan fingerprint density at radius 2 is 1.73 bits per heavy atom. The lowest BCUT2D eigenvalue weighted by Gasteiger charge is -2.19. The average Bonchev–Trinajstić information content (AvgIpc) is 3.39. The number of carbonyl (C=O) groups is 1. The topological polar surface area (TPSA) is 46.5 Å². The third kappa shape index (κ3) is 3.98. The Kier molecular flexibility index (Phi) is 5.15. The fourth-order valence-corrected chi connectivity index (χ4v) is 3.21. The van der Waals surface area contributed by atoms with Crippen molar-refractivity contribution in [1.82, 2.24) is 0 Å². The van der Waals surface area contributed by atoms with Gasteiger partial charge in [-0.15, -0.1) is 0 Å². The van der Waals surface area contributed by atoms with E-state index in [0.29, 0.717) is 12.0 Å². The summed E-state index contributed by atoms with van der Waals surface area (Å²) in [4.78, 5) is 11.2. The molecule has 1 aliphatic rings. The summed E-state index contributed by atoms with van der Waals surface area (Å²) in [5.41, 5.74) is 4.05. The normalized spacial score (nSPS) is 14.6. The third-order valence-electron chi connectivity index (χ3n) is 4.64. The predicted molar refractivity (Wildman–Crippen MR) is 102 cm³/mol. The van der Waals surface area contributed by atoms with Gasteiger partial charge in [0.1, 0.15) is 0 Å². The van der Waals surface area contributed by atoms with Crippen LogP contribution in [0.2, 0.25) is 0 Å². The Balaban J connectivity index is 1.78. The summed E-state index contributed by atoms with van der Waals surface area (Å²) in [6, 6.07) is 13.5. The van der Waals surface area contributed by atoms with Crippen molar-refractivity contribution in [2.75, 3.05) is 0 Å². The smallest absolute Gasteiger partial charge is 0.335 e. The van der Waals surface area contributed by atoms with Crippen molar-refractivity contribution in [3.63, 3.8) is 0 Å². The van der Waals surface area contributed by atoms with Gasteiger partial charge in [-0.25, -0.2) is 4.79 Å². The first kappa shape index (κ1) is 18.2. The van der Waals surface area contributed by atoms with Gasteiger partial charge in [-0.1, -0.05) is 30.9 Å². The molecule has 134 valence electrons. The van der Waals surface area contributed by atoms with Crippen molar-refractivity contribution in [2.45, 2.75) is 51.7 Å². The van der Waals surface area contributed by atoms with E-state index in [1.165, 1.54) is 5.56 Å². The van der Waals surface area contributed by atoms with E-state index in [1.54, 1.807) is 12.1 Å². The molecule has 3 nitrogen and oxygen atoms in total. The van der Waals surface area contributed by atoms with Gasteiger partial charge in [0, 0.05) is 11.1 Å². The molecule has 0 saturated heterocycles. The van der Waals surface area contributed by atoms with Gasteiger partial charge in [0.15, 0.2) is 0 Å². The van der Waals surface area contributed by atoms with Crippen LogP contribution in [0.5, 0.6) is 0 Å². The highest BCUT2D eigenvalue weighted by Crippen LogP contribution is 2.49. The van der Waals surface area contributed by atoms with Gasteiger partial charge < -0.3 is 9.84 Å². The minimum Gasteiger partial charge on any atom is -0.478 e. The predicted octanol–water partition coefficient (Wildman–Crippen LogP) is 4.76. The van der Waals surface area contributed by atoms with E-state index in [1.807, 2.05) is 25.1 Å². The fourth-order valence-electron chi connectivity index (χ4n) is 3.21. The molecule has 0 unspecified atom stereocenters. The van der Waals surface area contributed by atoms with E-state index >= 15 is 0 Å².